The van der Waals surface area contributed by atoms with Crippen molar-refractivity contribution in [3.63, 3.8) is 0 Å². The van der Waals surface area contributed by atoms with Crippen LogP contribution in [0, 0.1) is 0 Å². The van der Waals surface area contributed by atoms with Gasteiger partial charge in [-0.15, -0.1) is 0 Å². The number of carbonyl (C=O) groups is 1. The van der Waals surface area contributed by atoms with Crippen LogP contribution in [-0.4, -0.2) is 30.5 Å². The molecular weight excluding hydrogens is 398 g/mol. The van der Waals surface area contributed by atoms with Gasteiger partial charge in [0.1, 0.15) is 11.1 Å². The second kappa shape index (κ2) is 7.88. The second-order valence-corrected chi connectivity index (χ2v) is 6.78. The average Bonchev–Trinajstić information content (AvgIpc) is 3.34. The first-order valence-electron chi connectivity index (χ1n) is 8.75. The predicted molar refractivity (Wildman–Crippen MR) is 104 cm³/mol. The van der Waals surface area contributed by atoms with Crippen molar-refractivity contribution in [1.29, 1.82) is 0 Å². The smallest absolute Gasteiger partial charge is 0.308 e. The van der Waals surface area contributed by atoms with E-state index in [0.717, 1.165) is 5.56 Å². The minimum atomic E-state index is -0.465. The van der Waals surface area contributed by atoms with Crippen molar-refractivity contribution in [2.24, 2.45) is 7.05 Å². The highest BCUT2D eigenvalue weighted by Gasteiger charge is 2.12. The first kappa shape index (κ1) is 18.9. The summed E-state index contributed by atoms with van der Waals surface area (Å²) in [6.07, 6.45) is 2.88. The lowest BCUT2D eigenvalue weighted by atomic mass is 10.1. The van der Waals surface area contributed by atoms with E-state index in [2.05, 4.69) is 15.2 Å². The van der Waals surface area contributed by atoms with Crippen molar-refractivity contribution in [3.8, 4) is 11.3 Å². The number of hydrogen-bond donors (Lipinski definition) is 0. The summed E-state index contributed by atoms with van der Waals surface area (Å²) < 4.78 is 13.3. The number of benzene rings is 1. The Hall–Kier alpha value is -3.46. The zero-order valence-corrected chi connectivity index (χ0v) is 16.2. The summed E-state index contributed by atoms with van der Waals surface area (Å²) >= 11 is 5.87. The molecule has 0 saturated carbocycles. The lowest BCUT2D eigenvalue weighted by Crippen LogP contribution is -2.22. The molecule has 29 heavy (non-hydrogen) atoms. The lowest BCUT2D eigenvalue weighted by molar-refractivity contribution is -0.145. The zero-order valence-electron chi connectivity index (χ0n) is 15.4. The van der Waals surface area contributed by atoms with E-state index >= 15 is 0 Å². The fourth-order valence-corrected chi connectivity index (χ4v) is 2.93. The molecule has 0 N–H and O–H groups in total. The Morgan fingerprint density at radius 1 is 1.28 bits per heavy atom. The Kier molecular flexibility index (Phi) is 5.13. The first-order chi connectivity index (χ1) is 14.0. The Balaban J connectivity index is 1.33. The average molecular weight is 414 g/mol. The van der Waals surface area contributed by atoms with Crippen LogP contribution in [0.4, 0.5) is 0 Å². The van der Waals surface area contributed by atoms with Gasteiger partial charge in [0.05, 0.1) is 18.9 Å². The van der Waals surface area contributed by atoms with Gasteiger partial charge in [0.2, 0.25) is 0 Å². The molecule has 1 aromatic carbocycles. The van der Waals surface area contributed by atoms with Crippen LogP contribution in [0.5, 0.6) is 0 Å². The standard InChI is InChI=1S/C19H16ClN5O4/c1-24-18-15(9-22-24)19(27)25(11-21-18)7-6-17(26)28-10-14-8-16(23-29-14)12-2-4-13(20)5-3-12/h2-5,8-9,11H,6-7,10H2,1H3. The van der Waals surface area contributed by atoms with Crippen molar-refractivity contribution in [3.05, 3.63) is 64.0 Å². The van der Waals surface area contributed by atoms with E-state index in [-0.39, 0.29) is 25.1 Å². The van der Waals surface area contributed by atoms with Crippen molar-refractivity contribution >= 4 is 28.6 Å². The zero-order chi connectivity index (χ0) is 20.4. The highest BCUT2D eigenvalue weighted by Crippen LogP contribution is 2.21. The van der Waals surface area contributed by atoms with E-state index in [1.807, 2.05) is 12.1 Å². The molecule has 4 aromatic rings. The van der Waals surface area contributed by atoms with E-state index in [0.29, 0.717) is 27.5 Å². The molecule has 0 atom stereocenters. The highest BCUT2D eigenvalue weighted by molar-refractivity contribution is 6.30. The van der Waals surface area contributed by atoms with Crippen molar-refractivity contribution < 1.29 is 14.1 Å². The van der Waals surface area contributed by atoms with Gasteiger partial charge < -0.3 is 9.26 Å². The maximum Gasteiger partial charge on any atom is 0.308 e. The van der Waals surface area contributed by atoms with Crippen LogP contribution in [0.25, 0.3) is 22.3 Å². The van der Waals surface area contributed by atoms with Crippen LogP contribution in [0.15, 0.2) is 52.2 Å². The Morgan fingerprint density at radius 3 is 2.86 bits per heavy atom. The van der Waals surface area contributed by atoms with Crippen LogP contribution in [0.2, 0.25) is 5.02 Å². The van der Waals surface area contributed by atoms with Crippen molar-refractivity contribution in [2.75, 3.05) is 0 Å². The summed E-state index contributed by atoms with van der Waals surface area (Å²) in [5, 5.41) is 9.00. The molecule has 0 unspecified atom stereocenters. The molecule has 4 rings (SSSR count). The van der Waals surface area contributed by atoms with Gasteiger partial charge in [-0.1, -0.05) is 28.9 Å². The van der Waals surface area contributed by atoms with E-state index < -0.39 is 5.97 Å². The van der Waals surface area contributed by atoms with Gasteiger partial charge in [-0.25, -0.2) is 4.98 Å². The number of hydrogen-bond acceptors (Lipinski definition) is 7. The molecule has 10 heteroatoms. The number of aryl methyl sites for hydroxylation is 2. The fraction of sp³-hybridized carbons (Fsp3) is 0.211. The number of fused-ring (bicyclic) bond motifs is 1. The molecule has 0 aliphatic carbocycles. The number of esters is 1. The maximum atomic E-state index is 12.4. The molecule has 3 heterocycles. The van der Waals surface area contributed by atoms with Gasteiger partial charge in [0.15, 0.2) is 18.0 Å². The largest absolute Gasteiger partial charge is 0.457 e. The van der Waals surface area contributed by atoms with Crippen LogP contribution in [0.1, 0.15) is 12.2 Å². The minimum absolute atomic E-state index is 0.0194. The summed E-state index contributed by atoms with van der Waals surface area (Å²) in [7, 11) is 1.71. The molecule has 0 radical (unpaired) electrons. The first-order valence-corrected chi connectivity index (χ1v) is 9.13. The molecule has 3 aromatic heterocycles. The second-order valence-electron chi connectivity index (χ2n) is 6.34. The molecular formula is C19H16ClN5O4. The lowest BCUT2D eigenvalue weighted by Gasteiger charge is -2.05. The van der Waals surface area contributed by atoms with Gasteiger partial charge in [0, 0.05) is 30.2 Å². The van der Waals surface area contributed by atoms with Crippen LogP contribution in [-0.2, 0) is 29.7 Å². The molecule has 9 nitrogen and oxygen atoms in total. The fourth-order valence-electron chi connectivity index (χ4n) is 2.80. The van der Waals surface area contributed by atoms with E-state index in [1.54, 1.807) is 25.2 Å². The van der Waals surface area contributed by atoms with Crippen LogP contribution in [0.3, 0.4) is 0 Å². The third kappa shape index (κ3) is 4.04. The SMILES string of the molecule is Cn1ncc2c(=O)n(CCC(=O)OCc3cc(-c4ccc(Cl)cc4)no3)cnc21. The third-order valence-electron chi connectivity index (χ3n) is 4.35. The number of nitrogens with zero attached hydrogens (tertiary/aromatic N) is 5. The summed E-state index contributed by atoms with van der Waals surface area (Å²) in [5.74, 6) is -0.0495. The molecule has 0 amide bonds. The van der Waals surface area contributed by atoms with Gasteiger partial charge in [0.25, 0.3) is 5.56 Å². The van der Waals surface area contributed by atoms with Gasteiger partial charge in [-0.3, -0.25) is 18.8 Å². The summed E-state index contributed by atoms with van der Waals surface area (Å²) in [4.78, 5) is 28.6. The molecule has 0 spiro atoms. The van der Waals surface area contributed by atoms with Gasteiger partial charge >= 0.3 is 5.97 Å². The molecule has 0 fully saturated rings. The summed E-state index contributed by atoms with van der Waals surface area (Å²) in [6, 6.07) is 8.85. The molecule has 148 valence electrons. The van der Waals surface area contributed by atoms with Gasteiger partial charge in [-0.2, -0.15) is 5.10 Å². The monoisotopic (exact) mass is 413 g/mol. The minimum Gasteiger partial charge on any atom is -0.457 e. The van der Waals surface area contributed by atoms with E-state index in [1.165, 1.54) is 21.8 Å². The summed E-state index contributed by atoms with van der Waals surface area (Å²) in [6.45, 7) is 0.107. The van der Waals surface area contributed by atoms with Crippen molar-refractivity contribution in [1.82, 2.24) is 24.5 Å². The van der Waals surface area contributed by atoms with Crippen LogP contribution >= 0.6 is 11.6 Å². The highest BCUT2D eigenvalue weighted by atomic mass is 35.5. The topological polar surface area (TPSA) is 105 Å². The molecule has 0 aliphatic rings. The molecule has 0 saturated heterocycles. The van der Waals surface area contributed by atoms with Gasteiger partial charge in [-0.05, 0) is 12.1 Å². The van der Waals surface area contributed by atoms with E-state index in [9.17, 15) is 9.59 Å². The van der Waals surface area contributed by atoms with Crippen molar-refractivity contribution in [2.45, 2.75) is 19.6 Å². The Bertz CT molecular complexity index is 1230. The van der Waals surface area contributed by atoms with Crippen LogP contribution < -0.4 is 5.56 Å². The maximum absolute atomic E-state index is 12.4. The number of carbonyl (C=O) groups excluding carboxylic acids is 1. The number of aromatic nitrogens is 5. The van der Waals surface area contributed by atoms with E-state index in [4.69, 9.17) is 20.9 Å². The summed E-state index contributed by atoms with van der Waals surface area (Å²) in [5.41, 5.74) is 1.71. The number of ether oxygens (including phenoxy) is 1. The third-order valence-corrected chi connectivity index (χ3v) is 4.60. The Morgan fingerprint density at radius 2 is 2.07 bits per heavy atom. The predicted octanol–water partition coefficient (Wildman–Crippen LogP) is 2.57. The normalized spacial score (nSPS) is 11.1. The number of rotatable bonds is 6. The molecule has 0 bridgehead atoms. The quantitative estimate of drug-likeness (QED) is 0.447. The number of halogens is 1. The molecule has 0 aliphatic heterocycles. The Labute approximate surface area is 169 Å².